The van der Waals surface area contributed by atoms with Gasteiger partial charge in [0.1, 0.15) is 0 Å². The first-order chi connectivity index (χ1) is 6.36. The Kier molecular flexibility index (Phi) is 1.89. The maximum absolute atomic E-state index is 10.8. The minimum absolute atomic E-state index is 0.804. The summed E-state index contributed by atoms with van der Waals surface area (Å²) in [6, 6.07) is 7.87. The van der Waals surface area contributed by atoms with E-state index in [2.05, 4.69) is 4.98 Å². The van der Waals surface area contributed by atoms with Gasteiger partial charge < -0.3 is 4.98 Å². The van der Waals surface area contributed by atoms with E-state index in [1.165, 1.54) is 0 Å². The molecule has 1 aromatic carbocycles. The molecular weight excluding hydrogens is 162 g/mol. The highest BCUT2D eigenvalue weighted by Gasteiger charge is 2.07. The quantitative estimate of drug-likeness (QED) is 0.695. The molecule has 1 aromatic heterocycles. The molecule has 0 fully saturated rings. The van der Waals surface area contributed by atoms with Crippen molar-refractivity contribution in [3.8, 4) is 0 Å². The van der Waals surface area contributed by atoms with Gasteiger partial charge in [0.25, 0.3) is 0 Å². The zero-order valence-corrected chi connectivity index (χ0v) is 7.50. The zero-order valence-electron chi connectivity index (χ0n) is 7.50. The maximum Gasteiger partial charge on any atom is 0.152 e. The summed E-state index contributed by atoms with van der Waals surface area (Å²) in [7, 11) is 0. The number of rotatable bonds is 2. The van der Waals surface area contributed by atoms with Crippen LogP contribution in [0.3, 0.4) is 0 Å². The number of aromatic amines is 1. The lowest BCUT2D eigenvalue weighted by atomic mass is 10.1. The van der Waals surface area contributed by atoms with Crippen LogP contribution < -0.4 is 0 Å². The average molecular weight is 173 g/mol. The summed E-state index contributed by atoms with van der Waals surface area (Å²) in [5, 5.41) is 1.02. The first kappa shape index (κ1) is 8.05. The Bertz CT molecular complexity index is 442. The fourth-order valence-electron chi connectivity index (χ4n) is 1.63. The summed E-state index contributed by atoms with van der Waals surface area (Å²) in [6.07, 6.45) is 1.79. The predicted molar refractivity (Wildman–Crippen MR) is 53.1 cm³/mol. The maximum atomic E-state index is 10.8. The van der Waals surface area contributed by atoms with Gasteiger partial charge in [0.05, 0.1) is 0 Å². The van der Waals surface area contributed by atoms with Crippen LogP contribution in [0.25, 0.3) is 10.9 Å². The molecule has 2 rings (SSSR count). The Morgan fingerprint density at radius 3 is 2.85 bits per heavy atom. The normalized spacial score (nSPS) is 10.5. The summed E-state index contributed by atoms with van der Waals surface area (Å²) in [5.41, 5.74) is 2.87. The van der Waals surface area contributed by atoms with Crippen LogP contribution in [0, 0.1) is 0 Å². The Labute approximate surface area is 76.6 Å². The molecule has 0 radical (unpaired) electrons. The van der Waals surface area contributed by atoms with Gasteiger partial charge in [-0.15, -0.1) is 0 Å². The van der Waals surface area contributed by atoms with Gasteiger partial charge in [-0.1, -0.05) is 25.1 Å². The summed E-state index contributed by atoms with van der Waals surface area (Å²) in [6.45, 7) is 2.04. The number of hydrogen-bond acceptors (Lipinski definition) is 1. The average Bonchev–Trinajstić information content (AvgIpc) is 2.55. The molecule has 0 atom stereocenters. The number of carbonyl (C=O) groups excluding carboxylic acids is 1. The number of nitrogens with one attached hydrogen (secondary N) is 1. The molecule has 0 saturated heterocycles. The van der Waals surface area contributed by atoms with Crippen molar-refractivity contribution in [2.45, 2.75) is 13.3 Å². The van der Waals surface area contributed by atoms with E-state index < -0.39 is 0 Å². The SMILES string of the molecule is CCc1[nH]c2ccccc2c1C=O. The van der Waals surface area contributed by atoms with E-state index in [0.717, 1.165) is 34.9 Å². The van der Waals surface area contributed by atoms with Crippen LogP contribution in [0.4, 0.5) is 0 Å². The van der Waals surface area contributed by atoms with Crippen LogP contribution in [-0.2, 0) is 6.42 Å². The van der Waals surface area contributed by atoms with E-state index in [9.17, 15) is 4.79 Å². The van der Waals surface area contributed by atoms with Gasteiger partial charge in [-0.05, 0) is 12.5 Å². The molecule has 2 heteroatoms. The van der Waals surface area contributed by atoms with Gasteiger partial charge in [-0.2, -0.15) is 0 Å². The summed E-state index contributed by atoms with van der Waals surface area (Å²) < 4.78 is 0. The monoisotopic (exact) mass is 173 g/mol. The van der Waals surface area contributed by atoms with Crippen molar-refractivity contribution < 1.29 is 4.79 Å². The Hall–Kier alpha value is -1.57. The number of aromatic nitrogens is 1. The topological polar surface area (TPSA) is 32.9 Å². The van der Waals surface area contributed by atoms with Gasteiger partial charge >= 0.3 is 0 Å². The van der Waals surface area contributed by atoms with Crippen LogP contribution in [-0.4, -0.2) is 11.3 Å². The van der Waals surface area contributed by atoms with E-state index in [-0.39, 0.29) is 0 Å². The number of benzene rings is 1. The number of fused-ring (bicyclic) bond motifs is 1. The molecular formula is C11H11NO. The van der Waals surface area contributed by atoms with Crippen molar-refractivity contribution >= 4 is 17.2 Å². The molecule has 0 aliphatic heterocycles. The number of H-pyrrole nitrogens is 1. The minimum atomic E-state index is 0.804. The van der Waals surface area contributed by atoms with E-state index in [1.807, 2.05) is 31.2 Å². The van der Waals surface area contributed by atoms with Crippen molar-refractivity contribution in [2.75, 3.05) is 0 Å². The predicted octanol–water partition coefficient (Wildman–Crippen LogP) is 2.54. The van der Waals surface area contributed by atoms with Crippen LogP contribution in [0.5, 0.6) is 0 Å². The third-order valence-corrected chi connectivity index (χ3v) is 2.30. The molecule has 0 spiro atoms. The summed E-state index contributed by atoms with van der Waals surface area (Å²) in [5.74, 6) is 0. The van der Waals surface area contributed by atoms with Crippen molar-refractivity contribution in [3.63, 3.8) is 0 Å². The van der Waals surface area contributed by atoms with E-state index in [1.54, 1.807) is 0 Å². The third kappa shape index (κ3) is 1.15. The molecule has 0 unspecified atom stereocenters. The van der Waals surface area contributed by atoms with Crippen LogP contribution >= 0.6 is 0 Å². The Morgan fingerprint density at radius 2 is 2.15 bits per heavy atom. The third-order valence-electron chi connectivity index (χ3n) is 2.30. The first-order valence-electron chi connectivity index (χ1n) is 4.41. The van der Waals surface area contributed by atoms with Crippen LogP contribution in [0.15, 0.2) is 24.3 Å². The highest BCUT2D eigenvalue weighted by Crippen LogP contribution is 2.20. The first-order valence-corrected chi connectivity index (χ1v) is 4.41. The lowest BCUT2D eigenvalue weighted by molar-refractivity contribution is 0.112. The molecule has 0 saturated carbocycles. The fourth-order valence-corrected chi connectivity index (χ4v) is 1.63. The van der Waals surface area contributed by atoms with Gasteiger partial charge in [0, 0.05) is 22.2 Å². The Balaban J connectivity index is 2.81. The molecule has 1 heterocycles. The second-order valence-corrected chi connectivity index (χ2v) is 3.03. The largest absolute Gasteiger partial charge is 0.358 e. The molecule has 66 valence electrons. The van der Waals surface area contributed by atoms with Crippen molar-refractivity contribution in [1.29, 1.82) is 0 Å². The molecule has 13 heavy (non-hydrogen) atoms. The van der Waals surface area contributed by atoms with E-state index in [0.29, 0.717) is 0 Å². The number of para-hydroxylation sites is 1. The molecule has 2 nitrogen and oxygen atoms in total. The number of aryl methyl sites for hydroxylation is 1. The van der Waals surface area contributed by atoms with Crippen molar-refractivity contribution in [3.05, 3.63) is 35.5 Å². The highest BCUT2D eigenvalue weighted by atomic mass is 16.1. The van der Waals surface area contributed by atoms with E-state index in [4.69, 9.17) is 0 Å². The molecule has 1 N–H and O–H groups in total. The van der Waals surface area contributed by atoms with Gasteiger partial charge in [0.2, 0.25) is 0 Å². The zero-order chi connectivity index (χ0) is 9.26. The van der Waals surface area contributed by atoms with Crippen LogP contribution in [0.1, 0.15) is 23.0 Å². The summed E-state index contributed by atoms with van der Waals surface area (Å²) >= 11 is 0. The number of hydrogen-bond donors (Lipinski definition) is 1. The lowest BCUT2D eigenvalue weighted by Gasteiger charge is -1.90. The number of carbonyl (C=O) groups is 1. The number of aldehydes is 1. The van der Waals surface area contributed by atoms with Crippen LogP contribution in [0.2, 0.25) is 0 Å². The second kappa shape index (κ2) is 3.05. The standard InChI is InChI=1S/C11H11NO/c1-2-10-9(7-13)8-5-3-4-6-11(8)12-10/h3-7,12H,2H2,1H3. The fraction of sp³-hybridized carbons (Fsp3) is 0.182. The molecule has 0 bridgehead atoms. The van der Waals surface area contributed by atoms with Crippen molar-refractivity contribution in [2.24, 2.45) is 0 Å². The van der Waals surface area contributed by atoms with Gasteiger partial charge in [-0.25, -0.2) is 0 Å². The molecule has 0 aliphatic carbocycles. The van der Waals surface area contributed by atoms with Crippen molar-refractivity contribution in [1.82, 2.24) is 4.98 Å². The Morgan fingerprint density at radius 1 is 1.38 bits per heavy atom. The van der Waals surface area contributed by atoms with Gasteiger partial charge in [0.15, 0.2) is 6.29 Å². The smallest absolute Gasteiger partial charge is 0.152 e. The summed E-state index contributed by atoms with van der Waals surface area (Å²) in [4.78, 5) is 14.1. The lowest BCUT2D eigenvalue weighted by Crippen LogP contribution is -1.85. The highest BCUT2D eigenvalue weighted by molar-refractivity contribution is 5.98. The molecule has 0 aliphatic rings. The molecule has 0 amide bonds. The molecule has 2 aromatic rings. The van der Waals surface area contributed by atoms with Gasteiger partial charge in [-0.3, -0.25) is 4.79 Å². The minimum Gasteiger partial charge on any atom is -0.358 e. The second-order valence-electron chi connectivity index (χ2n) is 3.03. The van der Waals surface area contributed by atoms with E-state index >= 15 is 0 Å².